The lowest BCUT2D eigenvalue weighted by Gasteiger charge is -2.33. The fraction of sp³-hybridized carbons (Fsp3) is 0.400. The van der Waals surface area contributed by atoms with E-state index in [1.54, 1.807) is 12.1 Å². The predicted molar refractivity (Wildman–Crippen MR) is 131 cm³/mol. The molecule has 32 heavy (non-hydrogen) atoms. The Morgan fingerprint density at radius 3 is 2.19 bits per heavy atom. The molecule has 0 saturated carbocycles. The summed E-state index contributed by atoms with van der Waals surface area (Å²) in [6.07, 6.45) is 6.03. The normalized spacial score (nSPS) is 17.2. The first-order valence-corrected chi connectivity index (χ1v) is 12.8. The van der Waals surface area contributed by atoms with Crippen molar-refractivity contribution in [3.8, 4) is 22.6 Å². The van der Waals surface area contributed by atoms with Gasteiger partial charge in [-0.1, -0.05) is 30.7 Å². The van der Waals surface area contributed by atoms with Crippen LogP contribution in [0.2, 0.25) is 0 Å². The van der Waals surface area contributed by atoms with Crippen LogP contribution in [0.5, 0.6) is 0 Å². The number of hydrogen-bond donors (Lipinski definition) is 0. The minimum absolute atomic E-state index is 0. The second-order valence-electron chi connectivity index (χ2n) is 8.53. The van der Waals surface area contributed by atoms with Crippen molar-refractivity contribution >= 4 is 22.2 Å². The van der Waals surface area contributed by atoms with Gasteiger partial charge in [-0.3, -0.25) is 0 Å². The zero-order valence-corrected chi connectivity index (χ0v) is 20.5. The smallest absolute Gasteiger partial charge is 0.226 e. The summed E-state index contributed by atoms with van der Waals surface area (Å²) in [7, 11) is -3.19. The Kier molecular flexibility index (Phi) is 7.80. The molecular formula is C25H31ClN2O3S. The predicted octanol–water partition coefficient (Wildman–Crippen LogP) is 5.56. The van der Waals surface area contributed by atoms with Crippen molar-refractivity contribution in [2.24, 2.45) is 0 Å². The Bertz CT molecular complexity index is 1140. The number of piperidine rings is 1. The van der Waals surface area contributed by atoms with Crippen LogP contribution in [0, 0.1) is 6.92 Å². The number of likely N-dealkylation sites (tertiary alicyclic amines) is 1. The van der Waals surface area contributed by atoms with Crippen LogP contribution in [-0.2, 0) is 16.3 Å². The molecule has 1 aliphatic heterocycles. The van der Waals surface area contributed by atoms with E-state index < -0.39 is 9.84 Å². The molecule has 1 fully saturated rings. The van der Waals surface area contributed by atoms with Crippen LogP contribution in [0.3, 0.4) is 0 Å². The fourth-order valence-corrected chi connectivity index (χ4v) is 4.85. The largest absolute Gasteiger partial charge is 0.441 e. The third-order valence-corrected chi connectivity index (χ3v) is 7.35. The number of benzene rings is 2. The molecule has 0 spiro atoms. The van der Waals surface area contributed by atoms with E-state index in [9.17, 15) is 8.42 Å². The van der Waals surface area contributed by atoms with E-state index >= 15 is 0 Å². The summed E-state index contributed by atoms with van der Waals surface area (Å²) in [6, 6.07) is 15.6. The van der Waals surface area contributed by atoms with Crippen LogP contribution in [0.4, 0.5) is 0 Å². The second-order valence-corrected chi connectivity index (χ2v) is 10.5. The topological polar surface area (TPSA) is 63.4 Å². The zero-order chi connectivity index (χ0) is 22.0. The minimum atomic E-state index is -3.19. The van der Waals surface area contributed by atoms with E-state index in [0.717, 1.165) is 41.1 Å². The van der Waals surface area contributed by atoms with Crippen LogP contribution in [0.15, 0.2) is 57.8 Å². The molecule has 0 bridgehead atoms. The zero-order valence-electron chi connectivity index (χ0n) is 18.9. The molecule has 1 unspecified atom stereocenters. The Morgan fingerprint density at radius 1 is 1.00 bits per heavy atom. The molecule has 1 aliphatic rings. The summed E-state index contributed by atoms with van der Waals surface area (Å²) >= 11 is 0. The lowest BCUT2D eigenvalue weighted by molar-refractivity contribution is 0.162. The summed E-state index contributed by atoms with van der Waals surface area (Å²) in [5.41, 5.74) is 3.97. The Balaban J connectivity index is 0.00000289. The number of aromatic nitrogens is 1. The summed E-state index contributed by atoms with van der Waals surface area (Å²) in [5.74, 6) is 1.54. The molecule has 3 aromatic rings. The first kappa shape index (κ1) is 24.5. The van der Waals surface area contributed by atoms with Crippen molar-refractivity contribution in [2.45, 2.75) is 50.5 Å². The number of nitrogens with zero attached hydrogens (tertiary/aromatic N) is 2. The molecule has 1 atom stereocenters. The average Bonchev–Trinajstić information content (AvgIpc) is 3.13. The van der Waals surface area contributed by atoms with Crippen molar-refractivity contribution in [3.05, 3.63) is 60.0 Å². The SMILES string of the molecule is Cc1oc(-c2ccc(-c3ccc(S(C)(=O)=O)cc3)cc2)nc1CCN1CCCCC1C.Cl. The van der Waals surface area contributed by atoms with Crippen molar-refractivity contribution in [1.29, 1.82) is 0 Å². The number of sulfone groups is 1. The summed E-state index contributed by atoms with van der Waals surface area (Å²) < 4.78 is 29.3. The Labute approximate surface area is 197 Å². The monoisotopic (exact) mass is 474 g/mol. The van der Waals surface area contributed by atoms with Gasteiger partial charge in [0.1, 0.15) is 5.76 Å². The van der Waals surface area contributed by atoms with E-state index in [-0.39, 0.29) is 12.4 Å². The number of rotatable bonds is 6. The van der Waals surface area contributed by atoms with Gasteiger partial charge >= 0.3 is 0 Å². The summed E-state index contributed by atoms with van der Waals surface area (Å²) in [6.45, 7) is 6.51. The lowest BCUT2D eigenvalue weighted by Crippen LogP contribution is -2.38. The van der Waals surface area contributed by atoms with Crippen molar-refractivity contribution in [3.63, 3.8) is 0 Å². The summed E-state index contributed by atoms with van der Waals surface area (Å²) in [5, 5.41) is 0. The first-order valence-electron chi connectivity index (χ1n) is 10.9. The van der Waals surface area contributed by atoms with Crippen molar-refractivity contribution < 1.29 is 12.8 Å². The molecule has 0 aliphatic carbocycles. The average molecular weight is 475 g/mol. The molecule has 0 amide bonds. The van der Waals surface area contributed by atoms with E-state index in [0.29, 0.717) is 16.8 Å². The van der Waals surface area contributed by atoms with Gasteiger partial charge in [0, 0.05) is 30.8 Å². The third-order valence-electron chi connectivity index (χ3n) is 6.22. The van der Waals surface area contributed by atoms with Crippen LogP contribution in [0.1, 0.15) is 37.6 Å². The Hall–Kier alpha value is -2.15. The highest BCUT2D eigenvalue weighted by Crippen LogP contribution is 2.27. The highest BCUT2D eigenvalue weighted by molar-refractivity contribution is 7.90. The van der Waals surface area contributed by atoms with Crippen LogP contribution < -0.4 is 0 Å². The molecule has 0 N–H and O–H groups in total. The maximum atomic E-state index is 11.6. The van der Waals surface area contributed by atoms with E-state index in [2.05, 4.69) is 11.8 Å². The van der Waals surface area contributed by atoms with Gasteiger partial charge in [-0.2, -0.15) is 0 Å². The van der Waals surface area contributed by atoms with Gasteiger partial charge in [0.2, 0.25) is 5.89 Å². The second kappa shape index (κ2) is 10.2. The fourth-order valence-electron chi connectivity index (χ4n) is 4.22. The highest BCUT2D eigenvalue weighted by Gasteiger charge is 2.19. The molecule has 4 rings (SSSR count). The van der Waals surface area contributed by atoms with Gasteiger partial charge in [-0.05, 0) is 68.6 Å². The van der Waals surface area contributed by atoms with Gasteiger partial charge < -0.3 is 9.32 Å². The van der Waals surface area contributed by atoms with Gasteiger partial charge in [0.15, 0.2) is 9.84 Å². The van der Waals surface area contributed by atoms with E-state index in [1.807, 2.05) is 43.3 Å². The molecule has 172 valence electrons. The summed E-state index contributed by atoms with van der Waals surface area (Å²) in [4.78, 5) is 7.66. The van der Waals surface area contributed by atoms with Gasteiger partial charge in [0.25, 0.3) is 0 Å². The standard InChI is InChI=1S/C25H30N2O3S.ClH/c1-18-6-4-5-16-27(18)17-15-24-19(2)30-25(26-24)22-9-7-20(8-10-22)21-11-13-23(14-12-21)31(3,28)29;/h7-14,18H,4-6,15-17H2,1-3H3;1H. The lowest BCUT2D eigenvalue weighted by atomic mass is 10.0. The minimum Gasteiger partial charge on any atom is -0.441 e. The van der Waals surface area contributed by atoms with Crippen LogP contribution >= 0.6 is 12.4 Å². The molecule has 2 aromatic carbocycles. The van der Waals surface area contributed by atoms with E-state index in [4.69, 9.17) is 9.40 Å². The molecule has 1 aromatic heterocycles. The van der Waals surface area contributed by atoms with Gasteiger partial charge in [-0.25, -0.2) is 13.4 Å². The molecule has 5 nitrogen and oxygen atoms in total. The van der Waals surface area contributed by atoms with Crippen LogP contribution in [-0.4, -0.2) is 43.7 Å². The molecular weight excluding hydrogens is 444 g/mol. The van der Waals surface area contributed by atoms with Gasteiger partial charge in [0.05, 0.1) is 10.6 Å². The van der Waals surface area contributed by atoms with Crippen molar-refractivity contribution in [1.82, 2.24) is 9.88 Å². The number of hydrogen-bond acceptors (Lipinski definition) is 5. The number of aryl methyl sites for hydroxylation is 1. The third kappa shape index (κ3) is 5.61. The first-order chi connectivity index (χ1) is 14.8. The molecule has 2 heterocycles. The van der Waals surface area contributed by atoms with Crippen LogP contribution in [0.25, 0.3) is 22.6 Å². The number of oxazole rings is 1. The van der Waals surface area contributed by atoms with E-state index in [1.165, 1.54) is 32.1 Å². The maximum absolute atomic E-state index is 11.6. The Morgan fingerprint density at radius 2 is 1.59 bits per heavy atom. The maximum Gasteiger partial charge on any atom is 0.226 e. The van der Waals surface area contributed by atoms with Crippen molar-refractivity contribution in [2.75, 3.05) is 19.3 Å². The molecule has 7 heteroatoms. The highest BCUT2D eigenvalue weighted by atomic mass is 35.5. The van der Waals surface area contributed by atoms with Gasteiger partial charge in [-0.15, -0.1) is 12.4 Å². The molecule has 1 saturated heterocycles. The quantitative estimate of drug-likeness (QED) is 0.468. The molecule has 0 radical (unpaired) electrons. The number of halogens is 1.